The Kier molecular flexibility index (Phi) is 7.04. The monoisotopic (exact) mass is 458 g/mol. The molecule has 180 valence electrons. The van der Waals surface area contributed by atoms with Crippen molar-refractivity contribution in [3.63, 3.8) is 0 Å². The van der Waals surface area contributed by atoms with Crippen LogP contribution in [-0.4, -0.2) is 73.3 Å². The molecule has 1 amide bonds. The number of allylic oxidation sites excluding steroid dienone is 1. The highest BCUT2D eigenvalue weighted by atomic mass is 16.7. The van der Waals surface area contributed by atoms with Crippen LogP contribution in [0, 0.1) is 11.8 Å². The van der Waals surface area contributed by atoms with E-state index in [1.807, 2.05) is 23.1 Å². The van der Waals surface area contributed by atoms with Crippen LogP contribution in [0.1, 0.15) is 37.7 Å². The van der Waals surface area contributed by atoms with E-state index < -0.39 is 0 Å². The van der Waals surface area contributed by atoms with Crippen LogP contribution in [0.2, 0.25) is 0 Å². The second-order valence-corrected chi connectivity index (χ2v) is 9.37. The molecule has 1 aromatic rings. The first kappa shape index (κ1) is 22.5. The van der Waals surface area contributed by atoms with Gasteiger partial charge in [-0.25, -0.2) is 0 Å². The second kappa shape index (κ2) is 10.3. The van der Waals surface area contributed by atoms with Gasteiger partial charge in [0.15, 0.2) is 17.3 Å². The van der Waals surface area contributed by atoms with Crippen molar-refractivity contribution in [3.05, 3.63) is 35.6 Å². The third-order valence-corrected chi connectivity index (χ3v) is 6.89. The lowest BCUT2D eigenvalue weighted by Crippen LogP contribution is -2.49. The Labute approximate surface area is 195 Å². The van der Waals surface area contributed by atoms with Gasteiger partial charge in [-0.3, -0.25) is 9.69 Å². The molecule has 2 atom stereocenters. The molecule has 1 N–H and O–H groups in total. The molecule has 3 heterocycles. The normalized spacial score (nSPS) is 25.0. The fourth-order valence-electron chi connectivity index (χ4n) is 4.78. The number of nitrogens with zero attached hydrogens (tertiary/aromatic N) is 2. The Morgan fingerprint density at radius 3 is 2.70 bits per heavy atom. The number of hydrogen-bond acceptors (Lipinski definition) is 7. The Hall–Kier alpha value is -2.29. The molecule has 1 saturated carbocycles. The molecular weight excluding hydrogens is 424 g/mol. The number of aliphatic hydroxyl groups excluding tert-OH is 1. The summed E-state index contributed by atoms with van der Waals surface area (Å²) in [4.78, 5) is 17.5. The summed E-state index contributed by atoms with van der Waals surface area (Å²) in [6.45, 7) is 4.83. The van der Waals surface area contributed by atoms with Crippen LogP contribution < -0.4 is 9.47 Å². The van der Waals surface area contributed by atoms with Crippen LogP contribution in [0.5, 0.6) is 11.5 Å². The molecule has 3 aliphatic heterocycles. The standard InChI is InChI=1S/C25H34N2O6/c28-11-1-2-12-30-24-15-20(19-4-5-19)14-23(33-24)25(29)27-9-7-26(8-10-27)16-18-3-6-21-22(13-18)32-17-31-21/h3,6,13-14,19-20,24,28H,1-2,4-5,7-12,15-17H2/t20-,24+/m1/s1. The highest BCUT2D eigenvalue weighted by Gasteiger charge is 2.38. The van der Waals surface area contributed by atoms with E-state index in [1.165, 1.54) is 18.4 Å². The number of carbonyl (C=O) groups excluding carboxylic acids is 1. The number of fused-ring (bicyclic) bond motifs is 1. The molecule has 1 aromatic carbocycles. The van der Waals surface area contributed by atoms with Gasteiger partial charge in [0.2, 0.25) is 13.1 Å². The minimum Gasteiger partial charge on any atom is -0.459 e. The predicted octanol–water partition coefficient (Wildman–Crippen LogP) is 2.51. The van der Waals surface area contributed by atoms with Crippen molar-refractivity contribution in [2.45, 2.75) is 44.9 Å². The lowest BCUT2D eigenvalue weighted by atomic mass is 9.96. The first-order chi connectivity index (χ1) is 16.2. The van der Waals surface area contributed by atoms with Crippen LogP contribution >= 0.6 is 0 Å². The zero-order valence-corrected chi connectivity index (χ0v) is 19.1. The summed E-state index contributed by atoms with van der Waals surface area (Å²) in [7, 11) is 0. The minimum absolute atomic E-state index is 0.0213. The van der Waals surface area contributed by atoms with E-state index >= 15 is 0 Å². The topological polar surface area (TPSA) is 80.7 Å². The van der Waals surface area contributed by atoms with Crippen molar-refractivity contribution in [1.82, 2.24) is 9.80 Å². The third kappa shape index (κ3) is 5.62. The maximum absolute atomic E-state index is 13.3. The van der Waals surface area contributed by atoms with Crippen molar-refractivity contribution < 1.29 is 28.8 Å². The van der Waals surface area contributed by atoms with E-state index in [0.29, 0.717) is 37.3 Å². The van der Waals surface area contributed by atoms with E-state index in [0.717, 1.165) is 50.4 Å². The van der Waals surface area contributed by atoms with Gasteiger partial charge < -0.3 is 29.0 Å². The Balaban J connectivity index is 1.14. The van der Waals surface area contributed by atoms with Crippen molar-refractivity contribution in [2.24, 2.45) is 11.8 Å². The van der Waals surface area contributed by atoms with Crippen LogP contribution in [-0.2, 0) is 20.8 Å². The first-order valence-electron chi connectivity index (χ1n) is 12.2. The van der Waals surface area contributed by atoms with Gasteiger partial charge in [-0.1, -0.05) is 6.07 Å². The quantitative estimate of drug-likeness (QED) is 0.570. The van der Waals surface area contributed by atoms with Gasteiger partial charge >= 0.3 is 0 Å². The van der Waals surface area contributed by atoms with Crippen LogP contribution in [0.25, 0.3) is 0 Å². The number of carbonyl (C=O) groups is 1. The van der Waals surface area contributed by atoms with Gasteiger partial charge in [0.05, 0.1) is 6.61 Å². The molecule has 8 heteroatoms. The number of aliphatic hydroxyl groups is 1. The Morgan fingerprint density at radius 1 is 1.09 bits per heavy atom. The summed E-state index contributed by atoms with van der Waals surface area (Å²) in [6.07, 6.45) is 6.44. The summed E-state index contributed by atoms with van der Waals surface area (Å²) in [5.74, 6) is 3.05. The van der Waals surface area contributed by atoms with Gasteiger partial charge in [-0.15, -0.1) is 0 Å². The molecule has 0 spiro atoms. The lowest BCUT2D eigenvalue weighted by molar-refractivity contribution is -0.156. The lowest BCUT2D eigenvalue weighted by Gasteiger charge is -2.36. The van der Waals surface area contributed by atoms with E-state index in [1.54, 1.807) is 0 Å². The maximum atomic E-state index is 13.3. The summed E-state index contributed by atoms with van der Waals surface area (Å²) in [6, 6.07) is 6.08. The van der Waals surface area contributed by atoms with Gasteiger partial charge in [-0.2, -0.15) is 0 Å². The van der Waals surface area contributed by atoms with Gasteiger partial charge in [0, 0.05) is 45.8 Å². The number of ether oxygens (including phenoxy) is 4. The molecule has 8 nitrogen and oxygen atoms in total. The van der Waals surface area contributed by atoms with Crippen molar-refractivity contribution in [2.75, 3.05) is 46.2 Å². The second-order valence-electron chi connectivity index (χ2n) is 9.37. The van der Waals surface area contributed by atoms with Crippen molar-refractivity contribution >= 4 is 5.91 Å². The fraction of sp³-hybridized carbons (Fsp3) is 0.640. The summed E-state index contributed by atoms with van der Waals surface area (Å²) in [5.41, 5.74) is 1.19. The number of benzene rings is 1. The molecule has 0 bridgehead atoms. The molecule has 1 aliphatic carbocycles. The molecule has 4 aliphatic rings. The average Bonchev–Trinajstić information content (AvgIpc) is 3.59. The molecule has 2 fully saturated rings. The van der Waals surface area contributed by atoms with Crippen LogP contribution in [0.3, 0.4) is 0 Å². The molecular formula is C25H34N2O6. The number of amides is 1. The number of rotatable bonds is 9. The number of piperazine rings is 1. The number of hydrogen-bond donors (Lipinski definition) is 1. The highest BCUT2D eigenvalue weighted by Crippen LogP contribution is 2.43. The van der Waals surface area contributed by atoms with E-state index in [4.69, 9.17) is 24.1 Å². The van der Waals surface area contributed by atoms with Crippen molar-refractivity contribution in [3.8, 4) is 11.5 Å². The molecule has 0 aromatic heterocycles. The van der Waals surface area contributed by atoms with Gasteiger partial charge in [-0.05, 0) is 61.3 Å². The minimum atomic E-state index is -0.370. The first-order valence-corrected chi connectivity index (χ1v) is 12.2. The molecule has 0 radical (unpaired) electrons. The smallest absolute Gasteiger partial charge is 0.288 e. The van der Waals surface area contributed by atoms with Gasteiger partial charge in [0.25, 0.3) is 5.91 Å². The summed E-state index contributed by atoms with van der Waals surface area (Å²) < 4.78 is 22.8. The van der Waals surface area contributed by atoms with E-state index in [-0.39, 0.29) is 25.6 Å². The van der Waals surface area contributed by atoms with Crippen LogP contribution in [0.4, 0.5) is 0 Å². The summed E-state index contributed by atoms with van der Waals surface area (Å²) >= 11 is 0. The van der Waals surface area contributed by atoms with E-state index in [9.17, 15) is 4.79 Å². The Bertz CT molecular complexity index is 862. The maximum Gasteiger partial charge on any atom is 0.288 e. The fourth-order valence-corrected chi connectivity index (χ4v) is 4.78. The third-order valence-electron chi connectivity index (χ3n) is 6.89. The zero-order chi connectivity index (χ0) is 22.6. The molecule has 5 rings (SSSR count). The Morgan fingerprint density at radius 2 is 1.91 bits per heavy atom. The highest BCUT2D eigenvalue weighted by molar-refractivity contribution is 5.91. The van der Waals surface area contributed by atoms with Crippen molar-refractivity contribution in [1.29, 1.82) is 0 Å². The number of unbranched alkanes of at least 4 members (excludes halogenated alkanes) is 1. The molecule has 1 saturated heterocycles. The van der Waals surface area contributed by atoms with Crippen LogP contribution in [0.15, 0.2) is 30.0 Å². The SMILES string of the molecule is O=C(C1=C[C@@H](C2CC2)C[C@@H](OCCCCO)O1)N1CCN(Cc2ccc3c(c2)OCO3)CC1. The predicted molar refractivity (Wildman–Crippen MR) is 120 cm³/mol. The average molecular weight is 459 g/mol. The molecule has 33 heavy (non-hydrogen) atoms. The van der Waals surface area contributed by atoms with Gasteiger partial charge in [0.1, 0.15) is 0 Å². The molecule has 0 unspecified atom stereocenters. The van der Waals surface area contributed by atoms with E-state index in [2.05, 4.69) is 11.0 Å². The zero-order valence-electron chi connectivity index (χ0n) is 19.1. The largest absolute Gasteiger partial charge is 0.459 e. The summed E-state index contributed by atoms with van der Waals surface area (Å²) in [5, 5.41) is 8.96.